The second kappa shape index (κ2) is 8.16. The van der Waals surface area contributed by atoms with Crippen LogP contribution in [0, 0.1) is 11.8 Å². The van der Waals surface area contributed by atoms with E-state index in [2.05, 4.69) is 17.1 Å². The first-order valence-corrected chi connectivity index (χ1v) is 8.27. The summed E-state index contributed by atoms with van der Waals surface area (Å²) in [5.74, 6) is 1.99. The van der Waals surface area contributed by atoms with Crippen LogP contribution in [0.1, 0.15) is 58.3 Å². The van der Waals surface area contributed by atoms with Crippen LogP contribution in [0.4, 0.5) is 0 Å². The number of likely N-dealkylation sites (tertiary alicyclic amines) is 1. The summed E-state index contributed by atoms with van der Waals surface area (Å²) in [7, 11) is 0. The Morgan fingerprint density at radius 1 is 0.944 bits per heavy atom. The van der Waals surface area contributed by atoms with Crippen molar-refractivity contribution in [3.63, 3.8) is 0 Å². The monoisotopic (exact) mass is 252 g/mol. The lowest BCUT2D eigenvalue weighted by atomic mass is 9.87. The van der Waals surface area contributed by atoms with Gasteiger partial charge < -0.3 is 10.2 Å². The largest absolute Gasteiger partial charge is 0.315 e. The highest BCUT2D eigenvalue weighted by atomic mass is 15.1. The van der Waals surface area contributed by atoms with E-state index in [1.165, 1.54) is 84.1 Å². The lowest BCUT2D eigenvalue weighted by Crippen LogP contribution is -2.38. The van der Waals surface area contributed by atoms with Gasteiger partial charge in [-0.1, -0.05) is 39.0 Å². The number of nitrogens with zero attached hydrogens (tertiary/aromatic N) is 1. The Hall–Kier alpha value is -0.0800. The molecule has 1 N–H and O–H groups in total. The first kappa shape index (κ1) is 14.3. The predicted molar refractivity (Wildman–Crippen MR) is 78.9 cm³/mol. The summed E-state index contributed by atoms with van der Waals surface area (Å²) < 4.78 is 0. The van der Waals surface area contributed by atoms with Gasteiger partial charge in [0.15, 0.2) is 0 Å². The fourth-order valence-electron chi connectivity index (χ4n) is 3.43. The highest BCUT2D eigenvalue weighted by Gasteiger charge is 2.15. The molecular formula is C16H32N2. The van der Waals surface area contributed by atoms with Crippen molar-refractivity contribution in [2.75, 3.05) is 32.7 Å². The molecule has 2 nitrogen and oxygen atoms in total. The topological polar surface area (TPSA) is 15.3 Å². The molecule has 2 heteroatoms. The van der Waals surface area contributed by atoms with E-state index in [-0.39, 0.29) is 0 Å². The second-order valence-electron chi connectivity index (χ2n) is 6.57. The zero-order valence-corrected chi connectivity index (χ0v) is 12.3. The molecule has 106 valence electrons. The summed E-state index contributed by atoms with van der Waals surface area (Å²) in [5.41, 5.74) is 0. The van der Waals surface area contributed by atoms with Crippen molar-refractivity contribution in [1.29, 1.82) is 0 Å². The van der Waals surface area contributed by atoms with E-state index in [1.54, 1.807) is 0 Å². The maximum Gasteiger partial charge on any atom is 0.0107 e. The Labute approximate surface area is 114 Å². The van der Waals surface area contributed by atoms with Gasteiger partial charge in [0.05, 0.1) is 0 Å². The molecule has 2 rings (SSSR count). The molecule has 1 heterocycles. The van der Waals surface area contributed by atoms with Gasteiger partial charge in [-0.05, 0) is 50.7 Å². The predicted octanol–water partition coefficient (Wildman–Crippen LogP) is 3.28. The van der Waals surface area contributed by atoms with Gasteiger partial charge in [0.1, 0.15) is 0 Å². The third-order valence-corrected chi connectivity index (χ3v) is 4.94. The van der Waals surface area contributed by atoms with Gasteiger partial charge in [0, 0.05) is 13.1 Å². The maximum atomic E-state index is 3.65. The van der Waals surface area contributed by atoms with Crippen LogP contribution in [0.2, 0.25) is 0 Å². The number of hydrogen-bond donors (Lipinski definition) is 1. The number of rotatable bonds is 6. The number of piperidine rings is 1. The van der Waals surface area contributed by atoms with Crippen LogP contribution in [0.3, 0.4) is 0 Å². The molecular weight excluding hydrogens is 220 g/mol. The molecule has 2 aliphatic rings. The average Bonchev–Trinajstić information content (AvgIpc) is 2.42. The van der Waals surface area contributed by atoms with Crippen LogP contribution in [0.15, 0.2) is 0 Å². The minimum Gasteiger partial charge on any atom is -0.315 e. The van der Waals surface area contributed by atoms with Gasteiger partial charge in [-0.15, -0.1) is 0 Å². The zero-order valence-electron chi connectivity index (χ0n) is 12.3. The summed E-state index contributed by atoms with van der Waals surface area (Å²) in [6.45, 7) is 8.74. The molecule has 0 bridgehead atoms. The van der Waals surface area contributed by atoms with Crippen LogP contribution >= 0.6 is 0 Å². The highest BCUT2D eigenvalue weighted by molar-refractivity contribution is 4.71. The molecule has 0 radical (unpaired) electrons. The van der Waals surface area contributed by atoms with Gasteiger partial charge in [-0.3, -0.25) is 0 Å². The summed E-state index contributed by atoms with van der Waals surface area (Å²) in [4.78, 5) is 2.63. The van der Waals surface area contributed by atoms with Gasteiger partial charge in [-0.25, -0.2) is 0 Å². The molecule has 1 aliphatic heterocycles. The SMILES string of the molecule is CC1CCN(CCNCCC2CCCCC2)CC1. The molecule has 0 aromatic heterocycles. The van der Waals surface area contributed by atoms with Gasteiger partial charge in [0.2, 0.25) is 0 Å². The van der Waals surface area contributed by atoms with Crippen LogP contribution < -0.4 is 5.32 Å². The van der Waals surface area contributed by atoms with Crippen LogP contribution in [-0.2, 0) is 0 Å². The number of nitrogens with one attached hydrogen (secondary N) is 1. The van der Waals surface area contributed by atoms with Gasteiger partial charge in [0.25, 0.3) is 0 Å². The van der Waals surface area contributed by atoms with Gasteiger partial charge in [-0.2, -0.15) is 0 Å². The minimum absolute atomic E-state index is 0.959. The van der Waals surface area contributed by atoms with E-state index in [0.717, 1.165) is 11.8 Å². The molecule has 2 fully saturated rings. The molecule has 18 heavy (non-hydrogen) atoms. The van der Waals surface area contributed by atoms with Crippen molar-refractivity contribution >= 4 is 0 Å². The smallest absolute Gasteiger partial charge is 0.0107 e. The fraction of sp³-hybridized carbons (Fsp3) is 1.00. The zero-order chi connectivity index (χ0) is 12.6. The van der Waals surface area contributed by atoms with Crippen LogP contribution in [0.5, 0.6) is 0 Å². The fourth-order valence-corrected chi connectivity index (χ4v) is 3.43. The average molecular weight is 252 g/mol. The van der Waals surface area contributed by atoms with E-state index < -0.39 is 0 Å². The Bertz CT molecular complexity index is 203. The lowest BCUT2D eigenvalue weighted by molar-refractivity contribution is 0.192. The third-order valence-electron chi connectivity index (χ3n) is 4.94. The van der Waals surface area contributed by atoms with Crippen LogP contribution in [0.25, 0.3) is 0 Å². The Kier molecular flexibility index (Phi) is 6.50. The van der Waals surface area contributed by atoms with Crippen LogP contribution in [-0.4, -0.2) is 37.6 Å². The first-order chi connectivity index (χ1) is 8.84. The Morgan fingerprint density at radius 2 is 1.67 bits per heavy atom. The molecule has 0 amide bonds. The first-order valence-electron chi connectivity index (χ1n) is 8.27. The van der Waals surface area contributed by atoms with Crippen molar-refractivity contribution < 1.29 is 0 Å². The van der Waals surface area contributed by atoms with Crippen molar-refractivity contribution in [3.05, 3.63) is 0 Å². The third kappa shape index (κ3) is 5.27. The molecule has 1 saturated carbocycles. The molecule has 1 aliphatic carbocycles. The van der Waals surface area contributed by atoms with Crippen molar-refractivity contribution in [2.45, 2.75) is 58.3 Å². The van der Waals surface area contributed by atoms with E-state index in [0.29, 0.717) is 0 Å². The van der Waals surface area contributed by atoms with E-state index in [9.17, 15) is 0 Å². The molecule has 0 aromatic carbocycles. The normalized spacial score (nSPS) is 24.5. The Balaban J connectivity index is 1.43. The van der Waals surface area contributed by atoms with Gasteiger partial charge >= 0.3 is 0 Å². The number of hydrogen-bond acceptors (Lipinski definition) is 2. The molecule has 0 atom stereocenters. The Morgan fingerprint density at radius 3 is 2.39 bits per heavy atom. The standard InChI is InChI=1S/C16H32N2/c1-15-8-12-18(13-9-15)14-11-17-10-7-16-5-3-2-4-6-16/h15-17H,2-14H2,1H3. The van der Waals surface area contributed by atoms with E-state index in [1.807, 2.05) is 0 Å². The van der Waals surface area contributed by atoms with Crippen molar-refractivity contribution in [2.24, 2.45) is 11.8 Å². The molecule has 0 aromatic rings. The summed E-state index contributed by atoms with van der Waals surface area (Å²) in [6.07, 6.45) is 11.7. The van der Waals surface area contributed by atoms with Crippen molar-refractivity contribution in [1.82, 2.24) is 10.2 Å². The lowest BCUT2D eigenvalue weighted by Gasteiger charge is -2.30. The summed E-state index contributed by atoms with van der Waals surface area (Å²) >= 11 is 0. The highest BCUT2D eigenvalue weighted by Crippen LogP contribution is 2.25. The van der Waals surface area contributed by atoms with E-state index >= 15 is 0 Å². The second-order valence-corrected chi connectivity index (χ2v) is 6.57. The molecule has 1 saturated heterocycles. The summed E-state index contributed by atoms with van der Waals surface area (Å²) in [6, 6.07) is 0. The quantitative estimate of drug-likeness (QED) is 0.730. The van der Waals surface area contributed by atoms with E-state index in [4.69, 9.17) is 0 Å². The molecule has 0 unspecified atom stereocenters. The molecule has 0 spiro atoms. The summed E-state index contributed by atoms with van der Waals surface area (Å²) in [5, 5.41) is 3.65. The van der Waals surface area contributed by atoms with Crippen molar-refractivity contribution in [3.8, 4) is 0 Å². The maximum absolute atomic E-state index is 3.65. The minimum atomic E-state index is 0.959.